The normalized spacial score (nSPS) is 13.3. The van der Waals surface area contributed by atoms with Gasteiger partial charge in [0.15, 0.2) is 23.4 Å². The van der Waals surface area contributed by atoms with Crippen LogP contribution >= 0.6 is 23.2 Å². The van der Waals surface area contributed by atoms with Crippen LogP contribution in [0.1, 0.15) is 23.0 Å². The number of carbonyl (C=O) groups is 2. The number of furan rings is 1. The molecule has 0 saturated heterocycles. The third-order valence-electron chi connectivity index (χ3n) is 5.42. The summed E-state index contributed by atoms with van der Waals surface area (Å²) in [5, 5.41) is 4.10. The number of fused-ring (bicyclic) bond motifs is 2. The van der Waals surface area contributed by atoms with Crippen LogP contribution in [0.15, 0.2) is 65.1 Å². The Morgan fingerprint density at radius 1 is 0.971 bits per heavy atom. The van der Waals surface area contributed by atoms with Gasteiger partial charge in [0.25, 0.3) is 5.91 Å². The molecule has 3 aromatic carbocycles. The number of ether oxygens (including phenoxy) is 3. The van der Waals surface area contributed by atoms with Gasteiger partial charge in [-0.25, -0.2) is 0 Å². The molecule has 1 amide bonds. The highest BCUT2D eigenvalue weighted by Gasteiger charge is 2.27. The van der Waals surface area contributed by atoms with Gasteiger partial charge in [-0.15, -0.1) is 0 Å². The quantitative estimate of drug-likeness (QED) is 0.312. The molecule has 4 aromatic rings. The van der Waals surface area contributed by atoms with Crippen molar-refractivity contribution in [3.63, 3.8) is 0 Å². The molecule has 1 aliphatic rings. The molecular weight excluding hydrogens is 493 g/mol. The maximum Gasteiger partial charge on any atom is 0.265 e. The molecule has 2 heterocycles. The van der Waals surface area contributed by atoms with Crippen molar-refractivity contribution in [3.8, 4) is 17.2 Å². The van der Waals surface area contributed by atoms with Crippen LogP contribution in [0.3, 0.4) is 0 Å². The predicted molar refractivity (Wildman–Crippen MR) is 132 cm³/mol. The van der Waals surface area contributed by atoms with Crippen LogP contribution in [0, 0.1) is 0 Å². The molecule has 1 aliphatic heterocycles. The number of carbonyl (C=O) groups excluding carboxylic acids is 2. The lowest BCUT2D eigenvalue weighted by molar-refractivity contribution is -0.122. The minimum atomic E-state index is -0.931. The van der Waals surface area contributed by atoms with Gasteiger partial charge in [0.05, 0.1) is 10.7 Å². The molecule has 9 heteroatoms. The lowest BCUT2D eigenvalue weighted by Gasteiger charge is -2.18. The average Bonchev–Trinajstić information content (AvgIpc) is 3.23. The second kappa shape index (κ2) is 9.52. The Labute approximate surface area is 210 Å². The maximum absolute atomic E-state index is 13.4. The van der Waals surface area contributed by atoms with E-state index in [0.29, 0.717) is 52.0 Å². The Bertz CT molecular complexity index is 1450. The maximum atomic E-state index is 13.4. The molecule has 1 aromatic heterocycles. The fourth-order valence-electron chi connectivity index (χ4n) is 3.68. The molecule has 1 unspecified atom stereocenters. The topological polar surface area (TPSA) is 87.0 Å². The number of nitrogens with one attached hydrogen (secondary N) is 1. The molecular formula is C26H19Cl2NO6. The van der Waals surface area contributed by atoms with Crippen LogP contribution in [-0.2, 0) is 4.79 Å². The van der Waals surface area contributed by atoms with E-state index in [-0.39, 0.29) is 16.5 Å². The summed E-state index contributed by atoms with van der Waals surface area (Å²) in [6.45, 7) is 2.42. The van der Waals surface area contributed by atoms with E-state index in [1.165, 1.54) is 6.07 Å². The van der Waals surface area contributed by atoms with Gasteiger partial charge >= 0.3 is 0 Å². The van der Waals surface area contributed by atoms with Gasteiger partial charge in [-0.05, 0) is 55.5 Å². The van der Waals surface area contributed by atoms with Gasteiger partial charge in [0.1, 0.15) is 24.5 Å². The molecule has 178 valence electrons. The molecule has 7 nitrogen and oxygen atoms in total. The number of hydrogen-bond acceptors (Lipinski definition) is 6. The second-order valence-electron chi connectivity index (χ2n) is 7.81. The fraction of sp³-hybridized carbons (Fsp3) is 0.154. The van der Waals surface area contributed by atoms with E-state index in [0.717, 1.165) is 0 Å². The van der Waals surface area contributed by atoms with Crippen molar-refractivity contribution < 1.29 is 28.2 Å². The van der Waals surface area contributed by atoms with Gasteiger partial charge in [-0.2, -0.15) is 0 Å². The molecule has 0 saturated carbocycles. The highest BCUT2D eigenvalue weighted by molar-refractivity contribution is 6.35. The van der Waals surface area contributed by atoms with Gasteiger partial charge < -0.3 is 23.9 Å². The van der Waals surface area contributed by atoms with E-state index in [9.17, 15) is 9.59 Å². The summed E-state index contributed by atoms with van der Waals surface area (Å²) in [7, 11) is 0. The number of para-hydroxylation sites is 1. The number of benzene rings is 3. The average molecular weight is 512 g/mol. The van der Waals surface area contributed by atoms with Gasteiger partial charge in [0.2, 0.25) is 5.78 Å². The van der Waals surface area contributed by atoms with E-state index >= 15 is 0 Å². The molecule has 0 aliphatic carbocycles. The zero-order chi connectivity index (χ0) is 24.5. The number of amides is 1. The minimum absolute atomic E-state index is 0.00652. The van der Waals surface area contributed by atoms with Gasteiger partial charge in [-0.3, -0.25) is 9.59 Å². The molecule has 0 fully saturated rings. The van der Waals surface area contributed by atoms with E-state index in [2.05, 4.69) is 5.32 Å². The number of halogens is 2. The summed E-state index contributed by atoms with van der Waals surface area (Å²) in [6.07, 6.45) is -0.931. The van der Waals surface area contributed by atoms with Gasteiger partial charge in [-0.1, -0.05) is 35.3 Å². The molecule has 0 radical (unpaired) electrons. The highest BCUT2D eigenvalue weighted by atomic mass is 35.5. The van der Waals surface area contributed by atoms with Crippen LogP contribution in [0.4, 0.5) is 5.69 Å². The minimum Gasteiger partial charge on any atom is -0.486 e. The fourth-order valence-corrected chi connectivity index (χ4v) is 4.14. The van der Waals surface area contributed by atoms with Gasteiger partial charge in [0, 0.05) is 16.0 Å². The molecule has 5 rings (SSSR count). The smallest absolute Gasteiger partial charge is 0.265 e. The van der Waals surface area contributed by atoms with E-state index in [1.807, 2.05) is 0 Å². The number of anilines is 1. The Morgan fingerprint density at radius 2 is 1.74 bits per heavy atom. The summed E-state index contributed by atoms with van der Waals surface area (Å²) in [5.74, 6) is 0.446. The summed E-state index contributed by atoms with van der Waals surface area (Å²) in [4.78, 5) is 26.5. The van der Waals surface area contributed by atoms with Crippen molar-refractivity contribution in [2.24, 2.45) is 0 Å². The first-order valence-corrected chi connectivity index (χ1v) is 11.5. The molecule has 35 heavy (non-hydrogen) atoms. The monoisotopic (exact) mass is 511 g/mol. The zero-order valence-electron chi connectivity index (χ0n) is 18.5. The predicted octanol–water partition coefficient (Wildman–Crippen LogP) is 6.15. The first-order chi connectivity index (χ1) is 16.9. The van der Waals surface area contributed by atoms with E-state index < -0.39 is 17.8 Å². The number of ketones is 1. The Morgan fingerprint density at radius 3 is 2.54 bits per heavy atom. The SMILES string of the molecule is CC(Oc1ccc(Cl)cc1Cl)C(=O)Nc1c(C(=O)c2ccc3c(c2)OCCO3)oc2ccccc12. The number of hydrogen-bond donors (Lipinski definition) is 1. The van der Waals surface area contributed by atoms with Crippen molar-refractivity contribution in [2.45, 2.75) is 13.0 Å². The standard InChI is InChI=1S/C26H19Cl2NO6/c1-14(34-20-9-7-16(27)13-18(20)28)26(31)29-23-17-4-2-3-5-19(17)35-25(23)24(30)15-6-8-21-22(12-15)33-11-10-32-21/h2-9,12-14H,10-11H2,1H3,(H,29,31). The molecule has 0 spiro atoms. The molecule has 1 atom stereocenters. The third-order valence-corrected chi connectivity index (χ3v) is 5.95. The van der Waals surface area contributed by atoms with Crippen LogP contribution in [0.25, 0.3) is 11.0 Å². The molecule has 1 N–H and O–H groups in total. The third kappa shape index (κ3) is 4.65. The first-order valence-electron chi connectivity index (χ1n) is 10.8. The van der Waals surface area contributed by atoms with Crippen molar-refractivity contribution in [1.29, 1.82) is 0 Å². The highest BCUT2D eigenvalue weighted by Crippen LogP contribution is 2.36. The second-order valence-corrected chi connectivity index (χ2v) is 8.66. The number of rotatable bonds is 6. The molecule has 0 bridgehead atoms. The van der Waals surface area contributed by atoms with Crippen LogP contribution in [0.5, 0.6) is 17.2 Å². The summed E-state index contributed by atoms with van der Waals surface area (Å²) < 4.78 is 22.7. The lowest BCUT2D eigenvalue weighted by Crippen LogP contribution is -2.30. The van der Waals surface area contributed by atoms with Crippen molar-refractivity contribution in [3.05, 3.63) is 82.0 Å². The Hall–Kier alpha value is -3.68. The van der Waals surface area contributed by atoms with Crippen molar-refractivity contribution in [1.82, 2.24) is 0 Å². The van der Waals surface area contributed by atoms with Crippen molar-refractivity contribution in [2.75, 3.05) is 18.5 Å². The van der Waals surface area contributed by atoms with Crippen LogP contribution in [-0.4, -0.2) is 31.0 Å². The van der Waals surface area contributed by atoms with Crippen LogP contribution < -0.4 is 19.5 Å². The summed E-state index contributed by atoms with van der Waals surface area (Å²) in [5.41, 5.74) is 1.04. The summed E-state index contributed by atoms with van der Waals surface area (Å²) >= 11 is 12.1. The van der Waals surface area contributed by atoms with Crippen molar-refractivity contribution >= 4 is 51.5 Å². The zero-order valence-corrected chi connectivity index (χ0v) is 20.0. The van der Waals surface area contributed by atoms with E-state index in [4.69, 9.17) is 41.8 Å². The Kier molecular flexibility index (Phi) is 6.28. The summed E-state index contributed by atoms with van der Waals surface area (Å²) in [6, 6.07) is 16.7. The Balaban J connectivity index is 1.45. The van der Waals surface area contributed by atoms with Crippen LogP contribution in [0.2, 0.25) is 10.0 Å². The first kappa shape index (κ1) is 23.1. The largest absolute Gasteiger partial charge is 0.486 e. The van der Waals surface area contributed by atoms with E-state index in [1.54, 1.807) is 61.5 Å². The lowest BCUT2D eigenvalue weighted by atomic mass is 10.1.